The Balaban J connectivity index is 1.89. The maximum Gasteiger partial charge on any atom is 0.418 e. The molecule has 1 atom stereocenters. The van der Waals surface area contributed by atoms with Crippen molar-refractivity contribution in [1.82, 2.24) is 0 Å². The van der Waals surface area contributed by atoms with Crippen LogP contribution in [0.15, 0.2) is 54.6 Å². The van der Waals surface area contributed by atoms with Crippen LogP contribution >= 0.6 is 0 Å². The van der Waals surface area contributed by atoms with Crippen molar-refractivity contribution in [2.24, 2.45) is 0 Å². The van der Waals surface area contributed by atoms with E-state index in [1.165, 1.54) is 12.1 Å². The van der Waals surface area contributed by atoms with Gasteiger partial charge in [-0.25, -0.2) is 4.79 Å². The first-order valence-electron chi connectivity index (χ1n) is 6.69. The van der Waals surface area contributed by atoms with E-state index in [0.29, 0.717) is 0 Å². The average molecular weight is 325 g/mol. The molecule has 0 fully saturated rings. The molecule has 7 heteroatoms. The number of anilines is 1. The number of hydrogen-bond donors (Lipinski definition) is 2. The predicted octanol–water partition coefficient (Wildman–Crippen LogP) is 4.03. The molecular formula is C16H14F3NO3. The number of carbonyl (C=O) groups excluding carboxylic acids is 1. The highest BCUT2D eigenvalue weighted by Gasteiger charge is 2.39. The van der Waals surface area contributed by atoms with Gasteiger partial charge in [-0.05, 0) is 23.3 Å². The van der Waals surface area contributed by atoms with Gasteiger partial charge in [0.25, 0.3) is 0 Å². The summed E-state index contributed by atoms with van der Waals surface area (Å²) >= 11 is 0. The lowest BCUT2D eigenvalue weighted by Gasteiger charge is -2.15. The smallest absolute Gasteiger partial charge is 0.418 e. The third kappa shape index (κ3) is 5.00. The van der Waals surface area contributed by atoms with Gasteiger partial charge in [-0.3, -0.25) is 5.32 Å². The van der Waals surface area contributed by atoms with Crippen LogP contribution in [0.4, 0.5) is 23.7 Å². The highest BCUT2D eigenvalue weighted by molar-refractivity contribution is 5.84. The first kappa shape index (κ1) is 16.8. The lowest BCUT2D eigenvalue weighted by atomic mass is 10.1. The Labute approximate surface area is 130 Å². The van der Waals surface area contributed by atoms with Gasteiger partial charge < -0.3 is 9.84 Å². The van der Waals surface area contributed by atoms with Crippen molar-refractivity contribution in [2.75, 3.05) is 5.32 Å². The number of alkyl halides is 3. The van der Waals surface area contributed by atoms with Gasteiger partial charge in [-0.2, -0.15) is 13.2 Å². The van der Waals surface area contributed by atoms with Crippen LogP contribution in [0.5, 0.6) is 0 Å². The van der Waals surface area contributed by atoms with Crippen molar-refractivity contribution in [2.45, 2.75) is 18.9 Å². The maximum atomic E-state index is 12.4. The second-order valence-electron chi connectivity index (χ2n) is 4.75. The van der Waals surface area contributed by atoms with E-state index in [9.17, 15) is 18.0 Å². The average Bonchev–Trinajstić information content (AvgIpc) is 2.53. The summed E-state index contributed by atoms with van der Waals surface area (Å²) in [5, 5.41) is 11.5. The number of benzene rings is 2. The van der Waals surface area contributed by atoms with Crippen LogP contribution in [0.1, 0.15) is 17.2 Å². The van der Waals surface area contributed by atoms with Crippen molar-refractivity contribution < 1.29 is 27.8 Å². The molecule has 0 aliphatic heterocycles. The minimum atomic E-state index is -4.73. The van der Waals surface area contributed by atoms with E-state index in [4.69, 9.17) is 9.84 Å². The Morgan fingerprint density at radius 3 is 2.26 bits per heavy atom. The third-order valence-electron chi connectivity index (χ3n) is 3.00. The molecule has 0 bridgehead atoms. The normalized spacial score (nSPS) is 12.5. The van der Waals surface area contributed by atoms with Crippen LogP contribution in [-0.2, 0) is 11.3 Å². The summed E-state index contributed by atoms with van der Waals surface area (Å²) in [6.45, 7) is 0.0809. The fourth-order valence-corrected chi connectivity index (χ4v) is 1.81. The number of carbonyl (C=O) groups is 1. The number of aliphatic hydroxyl groups is 1. The summed E-state index contributed by atoms with van der Waals surface area (Å²) in [6, 6.07) is 13.7. The zero-order chi connectivity index (χ0) is 16.9. The highest BCUT2D eigenvalue weighted by atomic mass is 19.4. The van der Waals surface area contributed by atoms with Crippen LogP contribution in [0.25, 0.3) is 0 Å². The molecule has 0 radical (unpaired) electrons. The van der Waals surface area contributed by atoms with Crippen LogP contribution in [0.2, 0.25) is 0 Å². The molecule has 1 unspecified atom stereocenters. The SMILES string of the molecule is O=C(Nc1ccc(C(O)C(F)(F)F)cc1)OCc1ccccc1. The van der Waals surface area contributed by atoms with E-state index in [1.807, 2.05) is 6.07 Å². The highest BCUT2D eigenvalue weighted by Crippen LogP contribution is 2.32. The van der Waals surface area contributed by atoms with Gasteiger partial charge in [-0.1, -0.05) is 42.5 Å². The maximum absolute atomic E-state index is 12.4. The van der Waals surface area contributed by atoms with Crippen LogP contribution < -0.4 is 5.32 Å². The predicted molar refractivity (Wildman–Crippen MR) is 77.7 cm³/mol. The number of hydrogen-bond acceptors (Lipinski definition) is 3. The number of aliphatic hydroxyl groups excluding tert-OH is 1. The standard InChI is InChI=1S/C16H14F3NO3/c17-16(18,19)14(21)12-6-8-13(9-7-12)20-15(22)23-10-11-4-2-1-3-5-11/h1-9,14,21H,10H2,(H,20,22). The van der Waals surface area contributed by atoms with E-state index in [0.717, 1.165) is 17.7 Å². The summed E-state index contributed by atoms with van der Waals surface area (Å²) in [5.74, 6) is 0. The number of halogens is 3. The molecule has 122 valence electrons. The number of nitrogens with one attached hydrogen (secondary N) is 1. The van der Waals surface area contributed by atoms with Crippen molar-refractivity contribution in [3.8, 4) is 0 Å². The van der Waals surface area contributed by atoms with Crippen LogP contribution in [0, 0.1) is 0 Å². The van der Waals surface area contributed by atoms with Gasteiger partial charge in [0, 0.05) is 5.69 Å². The van der Waals surface area contributed by atoms with E-state index < -0.39 is 18.4 Å². The molecule has 0 saturated heterocycles. The lowest BCUT2D eigenvalue weighted by molar-refractivity contribution is -0.206. The molecule has 0 spiro atoms. The van der Waals surface area contributed by atoms with Crippen molar-refractivity contribution in [1.29, 1.82) is 0 Å². The van der Waals surface area contributed by atoms with Gasteiger partial charge in [0.15, 0.2) is 6.10 Å². The van der Waals surface area contributed by atoms with E-state index in [2.05, 4.69) is 5.32 Å². The number of ether oxygens (including phenoxy) is 1. The van der Waals surface area contributed by atoms with Crippen LogP contribution in [-0.4, -0.2) is 17.4 Å². The second kappa shape index (κ2) is 7.15. The quantitative estimate of drug-likeness (QED) is 0.892. The summed E-state index contributed by atoms with van der Waals surface area (Å²) < 4.78 is 42.1. The Hall–Kier alpha value is -2.54. The molecule has 2 N–H and O–H groups in total. The monoisotopic (exact) mass is 325 g/mol. The topological polar surface area (TPSA) is 58.6 Å². The Morgan fingerprint density at radius 1 is 1.09 bits per heavy atom. The lowest BCUT2D eigenvalue weighted by Crippen LogP contribution is -2.20. The largest absolute Gasteiger partial charge is 0.444 e. The van der Waals surface area contributed by atoms with Gasteiger partial charge in [-0.15, -0.1) is 0 Å². The zero-order valence-electron chi connectivity index (χ0n) is 11.9. The molecular weight excluding hydrogens is 311 g/mol. The molecule has 0 aliphatic carbocycles. The molecule has 23 heavy (non-hydrogen) atoms. The number of amides is 1. The van der Waals surface area contributed by atoms with Crippen LogP contribution in [0.3, 0.4) is 0 Å². The minimum Gasteiger partial charge on any atom is -0.444 e. The summed E-state index contributed by atoms with van der Waals surface area (Å²) in [7, 11) is 0. The molecule has 2 aromatic rings. The Kier molecular flexibility index (Phi) is 5.23. The third-order valence-corrected chi connectivity index (χ3v) is 3.00. The fraction of sp³-hybridized carbons (Fsp3) is 0.188. The van der Waals surface area contributed by atoms with Crippen molar-refractivity contribution in [3.05, 3.63) is 65.7 Å². The zero-order valence-corrected chi connectivity index (χ0v) is 11.9. The number of rotatable bonds is 4. The van der Waals surface area contributed by atoms with E-state index in [1.54, 1.807) is 24.3 Å². The first-order valence-corrected chi connectivity index (χ1v) is 6.69. The van der Waals surface area contributed by atoms with Crippen molar-refractivity contribution >= 4 is 11.8 Å². The van der Waals surface area contributed by atoms with Gasteiger partial charge in [0.1, 0.15) is 6.61 Å². The van der Waals surface area contributed by atoms with Gasteiger partial charge in [0.2, 0.25) is 0 Å². The molecule has 2 rings (SSSR count). The van der Waals surface area contributed by atoms with Gasteiger partial charge in [0.05, 0.1) is 0 Å². The molecule has 0 aliphatic rings. The molecule has 4 nitrogen and oxygen atoms in total. The second-order valence-corrected chi connectivity index (χ2v) is 4.75. The van der Waals surface area contributed by atoms with E-state index in [-0.39, 0.29) is 17.9 Å². The fourth-order valence-electron chi connectivity index (χ4n) is 1.81. The molecule has 0 saturated carbocycles. The molecule has 0 heterocycles. The Bertz CT molecular complexity index is 642. The molecule has 0 aromatic heterocycles. The first-order chi connectivity index (χ1) is 10.9. The summed E-state index contributed by atoms with van der Waals surface area (Å²) in [4.78, 5) is 11.6. The van der Waals surface area contributed by atoms with Gasteiger partial charge >= 0.3 is 12.3 Å². The summed E-state index contributed by atoms with van der Waals surface area (Å²) in [5.41, 5.74) is 0.771. The molecule has 1 amide bonds. The minimum absolute atomic E-state index is 0.0809. The van der Waals surface area contributed by atoms with Crippen molar-refractivity contribution in [3.63, 3.8) is 0 Å². The Morgan fingerprint density at radius 2 is 1.70 bits per heavy atom. The van der Waals surface area contributed by atoms with E-state index >= 15 is 0 Å². The molecule has 2 aromatic carbocycles. The summed E-state index contributed by atoms with van der Waals surface area (Å²) in [6.07, 6.45) is -8.01.